The first-order chi connectivity index (χ1) is 11.0. The molecule has 1 aromatic rings. The first-order valence-electron chi connectivity index (χ1n) is 6.80. The first-order valence-corrected chi connectivity index (χ1v) is 7.56. The lowest BCUT2D eigenvalue weighted by Crippen LogP contribution is -2.35. The summed E-state index contributed by atoms with van der Waals surface area (Å²) in [5, 5.41) is 12.0. The number of hydrogen-bond donors (Lipinski definition) is 0. The minimum Gasteiger partial charge on any atom is -0.294 e. The molecule has 0 aromatic heterocycles. The van der Waals surface area contributed by atoms with Crippen LogP contribution in [0.25, 0.3) is 0 Å². The minimum absolute atomic E-state index is 0.0765. The molecular formula is C15H11Cl2N3O3. The van der Waals surface area contributed by atoms with Crippen molar-refractivity contribution in [3.63, 3.8) is 0 Å². The van der Waals surface area contributed by atoms with Crippen LogP contribution in [0.15, 0.2) is 46.7 Å². The van der Waals surface area contributed by atoms with Gasteiger partial charge in [0.15, 0.2) is 10.8 Å². The van der Waals surface area contributed by atoms with Crippen molar-refractivity contribution in [1.29, 1.82) is 0 Å². The van der Waals surface area contributed by atoms with E-state index >= 15 is 0 Å². The highest BCUT2D eigenvalue weighted by atomic mass is 35.5. The Morgan fingerprint density at radius 3 is 2.83 bits per heavy atom. The number of carbonyl (C=O) groups is 1. The average Bonchev–Trinajstić information content (AvgIpc) is 2.53. The van der Waals surface area contributed by atoms with E-state index in [9.17, 15) is 14.9 Å². The van der Waals surface area contributed by atoms with Crippen molar-refractivity contribution in [3.05, 3.63) is 67.5 Å². The topological polar surface area (TPSA) is 75.8 Å². The quantitative estimate of drug-likeness (QED) is 0.619. The Kier molecular flexibility index (Phi) is 4.19. The van der Waals surface area contributed by atoms with E-state index in [1.807, 2.05) is 0 Å². The number of Topliss-reactive ketones (excluding diaryl/α,β-unsaturated/α-hetero) is 1. The van der Waals surface area contributed by atoms with Crippen LogP contribution in [0.1, 0.15) is 5.56 Å². The molecule has 6 nitrogen and oxygen atoms in total. The lowest BCUT2D eigenvalue weighted by Gasteiger charge is -2.23. The molecule has 2 heterocycles. The van der Waals surface area contributed by atoms with Gasteiger partial charge in [-0.2, -0.15) is 0 Å². The predicted octanol–water partition coefficient (Wildman–Crippen LogP) is 3.08. The van der Waals surface area contributed by atoms with Gasteiger partial charge in [0.05, 0.1) is 27.9 Å². The number of rotatable bonds is 3. The molecule has 2 aliphatic rings. The van der Waals surface area contributed by atoms with Crippen LogP contribution in [0.3, 0.4) is 0 Å². The number of ketones is 1. The summed E-state index contributed by atoms with van der Waals surface area (Å²) in [5.41, 5.74) is 1.70. The first kappa shape index (κ1) is 15.7. The van der Waals surface area contributed by atoms with Crippen molar-refractivity contribution in [2.75, 3.05) is 6.54 Å². The summed E-state index contributed by atoms with van der Waals surface area (Å²) in [6, 6.07) is 5.18. The molecule has 3 rings (SSSR count). The average molecular weight is 352 g/mol. The Morgan fingerprint density at radius 1 is 1.35 bits per heavy atom. The van der Waals surface area contributed by atoms with Crippen molar-refractivity contribution in [3.8, 4) is 0 Å². The third-order valence-electron chi connectivity index (χ3n) is 3.71. The number of allylic oxidation sites excluding steroid dienone is 1. The zero-order valence-electron chi connectivity index (χ0n) is 11.8. The van der Waals surface area contributed by atoms with Crippen LogP contribution >= 0.6 is 23.2 Å². The van der Waals surface area contributed by atoms with Crippen LogP contribution in [-0.2, 0) is 11.2 Å². The lowest BCUT2D eigenvalue weighted by atomic mass is 9.88. The molecule has 1 aromatic carbocycles. The summed E-state index contributed by atoms with van der Waals surface area (Å²) in [6.45, 7) is -0.0765. The maximum atomic E-state index is 12.6. The zero-order chi connectivity index (χ0) is 16.6. The Morgan fingerprint density at radius 2 is 2.13 bits per heavy atom. The number of carbonyl (C=O) groups excluding carboxylic acids is 1. The predicted molar refractivity (Wildman–Crippen MR) is 87.0 cm³/mol. The second-order valence-corrected chi connectivity index (χ2v) is 6.03. The Labute approximate surface area is 141 Å². The van der Waals surface area contributed by atoms with E-state index < -0.39 is 11.0 Å². The van der Waals surface area contributed by atoms with Gasteiger partial charge < -0.3 is 0 Å². The van der Waals surface area contributed by atoms with Gasteiger partial charge in [-0.3, -0.25) is 9.79 Å². The van der Waals surface area contributed by atoms with E-state index in [0.717, 1.165) is 10.6 Å². The van der Waals surface area contributed by atoms with Gasteiger partial charge in [0.2, 0.25) is 0 Å². The van der Waals surface area contributed by atoms with Gasteiger partial charge in [-0.25, -0.2) is 10.1 Å². The van der Waals surface area contributed by atoms with Gasteiger partial charge in [0, 0.05) is 11.8 Å². The Bertz CT molecular complexity index is 786. The van der Waals surface area contributed by atoms with Gasteiger partial charge in [-0.1, -0.05) is 34.3 Å². The third-order valence-corrected chi connectivity index (χ3v) is 4.45. The van der Waals surface area contributed by atoms with E-state index in [2.05, 4.69) is 4.99 Å². The SMILES string of the molecule is O=C1C2=C(C=CN([N+](=O)[O-])C2)N=CC1Cc1ccc(Cl)c(Cl)c1. The molecule has 8 heteroatoms. The van der Waals surface area contributed by atoms with Crippen LogP contribution in [0.4, 0.5) is 0 Å². The summed E-state index contributed by atoms with van der Waals surface area (Å²) in [6.07, 6.45) is 4.78. The molecule has 0 fully saturated rings. The highest BCUT2D eigenvalue weighted by molar-refractivity contribution is 6.42. The van der Waals surface area contributed by atoms with E-state index in [4.69, 9.17) is 23.2 Å². The summed E-state index contributed by atoms with van der Waals surface area (Å²) in [4.78, 5) is 27.7. The van der Waals surface area contributed by atoms with Crippen LogP contribution in [0.2, 0.25) is 10.0 Å². The molecule has 0 N–H and O–H groups in total. The van der Waals surface area contributed by atoms with Gasteiger partial charge in [0.1, 0.15) is 6.54 Å². The van der Waals surface area contributed by atoms with E-state index in [0.29, 0.717) is 27.7 Å². The lowest BCUT2D eigenvalue weighted by molar-refractivity contribution is -0.638. The maximum absolute atomic E-state index is 12.6. The fraction of sp³-hybridized carbons (Fsp3) is 0.200. The number of nitrogens with zero attached hydrogens (tertiary/aromatic N) is 3. The number of benzene rings is 1. The van der Waals surface area contributed by atoms with Crippen LogP contribution < -0.4 is 0 Å². The largest absolute Gasteiger partial charge is 0.294 e. The zero-order valence-corrected chi connectivity index (χ0v) is 13.3. The molecule has 1 unspecified atom stereocenters. The van der Waals surface area contributed by atoms with Crippen molar-refractivity contribution >= 4 is 35.2 Å². The number of hydrazine groups is 1. The molecule has 2 aliphatic heterocycles. The van der Waals surface area contributed by atoms with Crippen molar-refractivity contribution in [2.24, 2.45) is 10.9 Å². The molecule has 0 spiro atoms. The molecule has 118 valence electrons. The standard InChI is InChI=1S/C15H11Cl2N3O3/c16-12-2-1-9(6-13(12)17)5-10-7-18-14-3-4-19(20(22)23)8-11(14)15(10)21/h1-4,6-7,10H,5,8H2. The van der Waals surface area contributed by atoms with E-state index in [1.165, 1.54) is 12.3 Å². The molecule has 0 radical (unpaired) electrons. The van der Waals surface area contributed by atoms with Crippen molar-refractivity contribution in [2.45, 2.75) is 6.42 Å². The fourth-order valence-corrected chi connectivity index (χ4v) is 2.84. The third kappa shape index (κ3) is 3.13. The number of halogens is 2. The maximum Gasteiger partial charge on any atom is 0.171 e. The molecule has 0 bridgehead atoms. The van der Waals surface area contributed by atoms with E-state index in [1.54, 1.807) is 24.4 Å². The second kappa shape index (κ2) is 6.14. The van der Waals surface area contributed by atoms with Gasteiger partial charge in [0.25, 0.3) is 0 Å². The number of aliphatic imine (C=N–C) groups is 1. The second-order valence-electron chi connectivity index (χ2n) is 5.22. The molecule has 0 amide bonds. The number of hydrogen-bond acceptors (Lipinski definition) is 4. The molecular weight excluding hydrogens is 341 g/mol. The number of nitro groups is 1. The highest BCUT2D eigenvalue weighted by Gasteiger charge is 2.32. The Hall–Kier alpha value is -2.18. The summed E-state index contributed by atoms with van der Waals surface area (Å²) >= 11 is 11.9. The summed E-state index contributed by atoms with van der Waals surface area (Å²) in [7, 11) is 0. The monoisotopic (exact) mass is 351 g/mol. The van der Waals surface area contributed by atoms with Gasteiger partial charge >= 0.3 is 0 Å². The smallest absolute Gasteiger partial charge is 0.171 e. The van der Waals surface area contributed by atoms with E-state index in [-0.39, 0.29) is 12.3 Å². The minimum atomic E-state index is -0.556. The van der Waals surface area contributed by atoms with Crippen molar-refractivity contribution < 1.29 is 9.83 Å². The van der Waals surface area contributed by atoms with Crippen molar-refractivity contribution in [1.82, 2.24) is 5.01 Å². The van der Waals surface area contributed by atoms with Crippen LogP contribution in [0.5, 0.6) is 0 Å². The van der Waals surface area contributed by atoms with Gasteiger partial charge in [-0.05, 0) is 30.2 Å². The van der Waals surface area contributed by atoms with Gasteiger partial charge in [-0.15, -0.1) is 0 Å². The normalized spacial score (nSPS) is 20.0. The fourth-order valence-electron chi connectivity index (χ4n) is 2.52. The summed E-state index contributed by atoms with van der Waals surface area (Å²) in [5.74, 6) is -0.622. The molecule has 1 atom stereocenters. The van der Waals surface area contributed by atoms with Crippen LogP contribution in [-0.4, -0.2) is 28.6 Å². The highest BCUT2D eigenvalue weighted by Crippen LogP contribution is 2.27. The molecule has 0 aliphatic carbocycles. The van der Waals surface area contributed by atoms with Crippen LogP contribution in [0, 0.1) is 16.0 Å². The Balaban J connectivity index is 1.80. The molecule has 23 heavy (non-hydrogen) atoms. The molecule has 0 saturated carbocycles. The summed E-state index contributed by atoms with van der Waals surface area (Å²) < 4.78 is 0. The molecule has 0 saturated heterocycles.